The summed E-state index contributed by atoms with van der Waals surface area (Å²) in [6.07, 6.45) is 96.9. The number of phosphoric ester groups is 1. The molecule has 0 saturated carbocycles. The van der Waals surface area contributed by atoms with Gasteiger partial charge in [0, 0.05) is 12.8 Å². The van der Waals surface area contributed by atoms with E-state index in [1.807, 2.05) is 21.1 Å². The van der Waals surface area contributed by atoms with Gasteiger partial charge < -0.3 is 18.9 Å². The molecule has 0 aliphatic rings. The Balaban J connectivity index is 4.19. The summed E-state index contributed by atoms with van der Waals surface area (Å²) in [5.41, 5.74) is 0. The Morgan fingerprint density at radius 3 is 0.952 bits per heavy atom. The van der Waals surface area contributed by atoms with Crippen LogP contribution in [-0.2, 0) is 32.7 Å². The van der Waals surface area contributed by atoms with Crippen molar-refractivity contribution >= 4 is 19.8 Å². The normalized spacial score (nSPS) is 14.4. The van der Waals surface area contributed by atoms with Crippen molar-refractivity contribution in [2.24, 2.45) is 0 Å². The highest BCUT2D eigenvalue weighted by molar-refractivity contribution is 7.47. The third-order valence-electron chi connectivity index (χ3n) is 12.9. The molecule has 0 aromatic heterocycles. The van der Waals surface area contributed by atoms with Crippen molar-refractivity contribution in [1.29, 1.82) is 0 Å². The van der Waals surface area contributed by atoms with Crippen molar-refractivity contribution in [3.8, 4) is 0 Å². The molecule has 0 amide bonds. The van der Waals surface area contributed by atoms with Gasteiger partial charge >= 0.3 is 19.8 Å². The fraction of sp³-hybridized carbons (Fsp3) is 0.568. The highest BCUT2D eigenvalue weighted by Crippen LogP contribution is 2.43. The summed E-state index contributed by atoms with van der Waals surface area (Å²) in [5.74, 6) is -0.843. The van der Waals surface area contributed by atoms with E-state index in [0.717, 1.165) is 154 Å². The molecule has 2 atom stereocenters. The molecule has 0 aromatic carbocycles. The summed E-state index contributed by atoms with van der Waals surface area (Å²) in [4.78, 5) is 35.8. The van der Waals surface area contributed by atoms with Crippen molar-refractivity contribution in [1.82, 2.24) is 0 Å². The number of hydrogen-bond acceptors (Lipinski definition) is 7. The average Bonchev–Trinajstić information content (AvgIpc) is 3.61. The van der Waals surface area contributed by atoms with Crippen molar-refractivity contribution in [2.45, 2.75) is 225 Å². The predicted octanol–water partition coefficient (Wildman–Crippen LogP) is 21.1. The summed E-state index contributed by atoms with van der Waals surface area (Å²) < 4.78 is 34.6. The van der Waals surface area contributed by atoms with Crippen LogP contribution < -0.4 is 0 Å². The number of carbonyl (C=O) groups excluding carboxylic acids is 2. The first kappa shape index (κ1) is 79.1. The van der Waals surface area contributed by atoms with E-state index in [-0.39, 0.29) is 26.1 Å². The molecular weight excluding hydrogens is 1060 g/mol. The number of nitrogens with zero attached hydrogens (tertiary/aromatic N) is 1. The number of carbonyl (C=O) groups is 2. The lowest BCUT2D eigenvalue weighted by atomic mass is 10.1. The van der Waals surface area contributed by atoms with Gasteiger partial charge in [0.15, 0.2) is 6.10 Å². The predicted molar refractivity (Wildman–Crippen MR) is 362 cm³/mol. The van der Waals surface area contributed by atoms with Crippen LogP contribution in [0.15, 0.2) is 182 Å². The Bertz CT molecular complexity index is 2070. The second-order valence-corrected chi connectivity index (χ2v) is 23.5. The van der Waals surface area contributed by atoms with Crippen molar-refractivity contribution < 1.29 is 42.1 Å². The van der Waals surface area contributed by atoms with E-state index in [4.69, 9.17) is 18.5 Å². The van der Waals surface area contributed by atoms with E-state index in [1.165, 1.54) is 25.7 Å². The van der Waals surface area contributed by atoms with Gasteiger partial charge in [0.1, 0.15) is 19.8 Å². The van der Waals surface area contributed by atoms with E-state index in [9.17, 15) is 19.0 Å². The zero-order chi connectivity index (χ0) is 61.2. The minimum Gasteiger partial charge on any atom is -0.462 e. The quantitative estimate of drug-likeness (QED) is 0.0211. The van der Waals surface area contributed by atoms with E-state index in [2.05, 4.69) is 196 Å². The fourth-order valence-corrected chi connectivity index (χ4v) is 8.75. The molecular formula is C74H119NO8P+. The lowest BCUT2D eigenvalue weighted by Gasteiger charge is -2.24. The lowest BCUT2D eigenvalue weighted by Crippen LogP contribution is -2.37. The molecule has 0 aliphatic heterocycles. The molecule has 0 aromatic rings. The third-order valence-corrected chi connectivity index (χ3v) is 13.9. The first-order valence-electron chi connectivity index (χ1n) is 32.5. The minimum absolute atomic E-state index is 0.0161. The molecule has 0 rings (SSSR count). The van der Waals surface area contributed by atoms with Crippen LogP contribution >= 0.6 is 7.82 Å². The van der Waals surface area contributed by atoms with Gasteiger partial charge in [0.05, 0.1) is 27.7 Å². The molecule has 2 unspecified atom stereocenters. The second-order valence-electron chi connectivity index (χ2n) is 22.0. The maximum Gasteiger partial charge on any atom is 0.472 e. The molecule has 472 valence electrons. The van der Waals surface area contributed by atoms with Crippen molar-refractivity contribution in [3.05, 3.63) is 182 Å². The molecule has 0 spiro atoms. The number of ether oxygens (including phenoxy) is 2. The number of hydrogen-bond donors (Lipinski definition) is 1. The van der Waals surface area contributed by atoms with Gasteiger partial charge in [-0.3, -0.25) is 18.6 Å². The van der Waals surface area contributed by atoms with Gasteiger partial charge in [-0.15, -0.1) is 0 Å². The van der Waals surface area contributed by atoms with Gasteiger partial charge in [-0.2, -0.15) is 0 Å². The summed E-state index contributed by atoms with van der Waals surface area (Å²) in [5, 5.41) is 0. The highest BCUT2D eigenvalue weighted by Gasteiger charge is 2.27. The minimum atomic E-state index is -4.41. The first-order chi connectivity index (χ1) is 41.0. The monoisotopic (exact) mass is 1180 g/mol. The summed E-state index contributed by atoms with van der Waals surface area (Å²) in [6.45, 7) is 4.14. The number of quaternary nitrogens is 1. The molecule has 0 saturated heterocycles. The average molecular weight is 1180 g/mol. The molecule has 0 fully saturated rings. The molecule has 0 bridgehead atoms. The van der Waals surface area contributed by atoms with Crippen LogP contribution in [0.25, 0.3) is 0 Å². The number of phosphoric acid groups is 1. The van der Waals surface area contributed by atoms with Gasteiger partial charge in [0.25, 0.3) is 0 Å². The van der Waals surface area contributed by atoms with Crippen molar-refractivity contribution in [2.75, 3.05) is 47.5 Å². The Labute approximate surface area is 514 Å². The molecule has 0 aliphatic carbocycles. The van der Waals surface area contributed by atoms with Gasteiger partial charge in [-0.05, 0) is 135 Å². The van der Waals surface area contributed by atoms with Gasteiger partial charge in [-0.1, -0.05) is 254 Å². The number of likely N-dealkylation sites (N-methyl/N-ethyl adjacent to an activating group) is 1. The smallest absolute Gasteiger partial charge is 0.462 e. The summed E-state index contributed by atoms with van der Waals surface area (Å²) in [6, 6.07) is 0. The fourth-order valence-electron chi connectivity index (χ4n) is 8.01. The number of esters is 2. The van der Waals surface area contributed by atoms with E-state index < -0.39 is 32.5 Å². The third kappa shape index (κ3) is 66.3. The summed E-state index contributed by atoms with van der Waals surface area (Å²) in [7, 11) is 1.43. The van der Waals surface area contributed by atoms with Crippen LogP contribution in [0, 0.1) is 0 Å². The van der Waals surface area contributed by atoms with Crippen LogP contribution in [0.4, 0.5) is 0 Å². The Kier molecular flexibility index (Phi) is 59.0. The van der Waals surface area contributed by atoms with Gasteiger partial charge in [-0.25, -0.2) is 4.57 Å². The number of rotatable bonds is 57. The van der Waals surface area contributed by atoms with E-state index in [1.54, 1.807) is 0 Å². The Morgan fingerprint density at radius 2 is 0.643 bits per heavy atom. The second kappa shape index (κ2) is 62.6. The molecule has 84 heavy (non-hydrogen) atoms. The van der Waals surface area contributed by atoms with Crippen LogP contribution in [0.5, 0.6) is 0 Å². The van der Waals surface area contributed by atoms with Crippen LogP contribution in [0.2, 0.25) is 0 Å². The molecule has 1 N–H and O–H groups in total. The topological polar surface area (TPSA) is 108 Å². The zero-order valence-corrected chi connectivity index (χ0v) is 54.4. The summed E-state index contributed by atoms with van der Waals surface area (Å²) >= 11 is 0. The Morgan fingerprint density at radius 1 is 0.369 bits per heavy atom. The van der Waals surface area contributed by atoms with E-state index in [0.29, 0.717) is 23.9 Å². The maximum atomic E-state index is 12.9. The maximum absolute atomic E-state index is 12.9. The number of unbranched alkanes of at least 4 members (excludes halogenated alkanes) is 13. The van der Waals surface area contributed by atoms with Crippen LogP contribution in [0.1, 0.15) is 219 Å². The van der Waals surface area contributed by atoms with E-state index >= 15 is 0 Å². The molecule has 9 nitrogen and oxygen atoms in total. The largest absolute Gasteiger partial charge is 0.472 e. The molecule has 10 heteroatoms. The van der Waals surface area contributed by atoms with Crippen LogP contribution in [0.3, 0.4) is 0 Å². The van der Waals surface area contributed by atoms with Crippen molar-refractivity contribution in [3.63, 3.8) is 0 Å². The zero-order valence-electron chi connectivity index (χ0n) is 53.6. The highest BCUT2D eigenvalue weighted by atomic mass is 31.2. The molecule has 0 radical (unpaired) electrons. The van der Waals surface area contributed by atoms with Gasteiger partial charge in [0.2, 0.25) is 0 Å². The number of allylic oxidation sites excluding steroid dienone is 30. The standard InChI is InChI=1S/C74H118NO8P/c1-6-8-10-12-14-16-18-20-22-24-26-28-29-30-31-32-33-34-35-36-37-38-39-40-41-42-43-44-45-47-49-51-53-55-57-59-61-63-65-67-74(77)83-72(71-82-84(78,79)81-69-68-75(3,4)5)70-80-73(76)66-64-62-60-58-56-54-52-50-48-46-27-25-23-21-19-17-15-13-11-9-7-2/h8-11,14-17,20-23,26-28,30-31,33-34,36-37,39-40,42-43,45-47,50,52,72H,6-7,12-13,18-19,24-25,29,32,35,38,41,44,48-49,51,53-71H2,1-5H3/p+1/b10-8-,11-9-,16-14-,17-15-,22-20-,23-21-,28-26-,31-30-,34-33-,37-36-,40-39-,43-42-,46-27-,47-45-,52-50-. The van der Waals surface area contributed by atoms with Crippen LogP contribution in [-0.4, -0.2) is 74.9 Å². The lowest BCUT2D eigenvalue weighted by molar-refractivity contribution is -0.870. The molecule has 0 heterocycles. The first-order valence-corrected chi connectivity index (χ1v) is 34.0. The SMILES string of the molecule is CC/C=C\C/C=C\C/C=C\C/C=C\C/C=C\C/C=C\C/C=C\C/C=C\C/C=C\C/C=C\CCCCCCCCCCC(=O)OC(COC(=O)CCCCCCC/C=C\C/C=C\C/C=C\C/C=C\C/C=C\CC)COP(=O)(O)OCC[N+](C)(C)C. The Hall–Kier alpha value is -4.89.